The van der Waals surface area contributed by atoms with Crippen molar-refractivity contribution < 1.29 is 28.6 Å². The van der Waals surface area contributed by atoms with Crippen LogP contribution in [-0.4, -0.2) is 73.4 Å². The number of carbonyl (C=O) groups excluding carboxylic acids is 3. The number of aliphatic imine (C=N–C) groups is 1. The van der Waals surface area contributed by atoms with Crippen LogP contribution in [0.1, 0.15) is 18.4 Å². The number of guanidine groups is 1. The first-order valence-corrected chi connectivity index (χ1v) is 10.1. The van der Waals surface area contributed by atoms with E-state index in [1.165, 1.54) is 13.2 Å². The second-order valence-corrected chi connectivity index (χ2v) is 6.75. The number of rotatable bonds is 13. The van der Waals surface area contributed by atoms with Crippen LogP contribution in [0.25, 0.3) is 0 Å². The third-order valence-corrected chi connectivity index (χ3v) is 3.91. The van der Waals surface area contributed by atoms with Gasteiger partial charge >= 0.3 is 23.7 Å². The lowest BCUT2D eigenvalue weighted by atomic mass is 10.3. The average molecular weight is 482 g/mol. The fourth-order valence-corrected chi connectivity index (χ4v) is 2.21. The van der Waals surface area contributed by atoms with Gasteiger partial charge in [0.15, 0.2) is 12.1 Å². The number of anilines is 1. The largest absolute Gasteiger partial charge is 0.462 e. The van der Waals surface area contributed by atoms with Crippen LogP contribution in [0.15, 0.2) is 28.4 Å². The highest BCUT2D eigenvalue weighted by Crippen LogP contribution is 2.07. The quantitative estimate of drug-likeness (QED) is 0.0810. The molecule has 0 fully saturated rings. The topological polar surface area (TPSA) is 225 Å². The lowest BCUT2D eigenvalue weighted by Crippen LogP contribution is -2.35. The number of nitrogens with zero attached hydrogens (tertiary/aromatic N) is 2. The number of H-pyrrole nitrogens is 1. The first kappa shape index (κ1) is 27.7. The molecule has 1 atom stereocenters. The number of nitrogens with one attached hydrogen (secondary N) is 4. The summed E-state index contributed by atoms with van der Waals surface area (Å²) < 4.78 is 15.4. The number of ether oxygens (including phenoxy) is 3. The van der Waals surface area contributed by atoms with E-state index < -0.39 is 36.4 Å². The fourth-order valence-electron chi connectivity index (χ4n) is 2.21. The Morgan fingerprint density at radius 2 is 1.79 bits per heavy atom. The second kappa shape index (κ2) is 14.7. The van der Waals surface area contributed by atoms with Crippen molar-refractivity contribution in [3.8, 4) is 0 Å². The molecule has 0 aliphatic heterocycles. The lowest BCUT2D eigenvalue weighted by molar-refractivity contribution is -0.161. The maximum absolute atomic E-state index is 12.1. The Morgan fingerprint density at radius 3 is 2.47 bits per heavy atom. The van der Waals surface area contributed by atoms with E-state index in [0.29, 0.717) is 5.56 Å². The SMILES string of the molecule is C=C(N)NCCC(=O)OCC(COC(=O)Nc1[nH]c(=O)ncc1C)OC(=O)CCNC(N)=NC. The van der Waals surface area contributed by atoms with Gasteiger partial charge in [0.05, 0.1) is 18.7 Å². The number of aromatic amines is 1. The molecule has 15 nitrogen and oxygen atoms in total. The molecule has 0 aliphatic carbocycles. The summed E-state index contributed by atoms with van der Waals surface area (Å²) >= 11 is 0. The van der Waals surface area contributed by atoms with Gasteiger partial charge < -0.3 is 36.3 Å². The van der Waals surface area contributed by atoms with Gasteiger partial charge in [0, 0.05) is 31.9 Å². The van der Waals surface area contributed by atoms with Crippen LogP contribution >= 0.6 is 0 Å². The number of amides is 1. The molecule has 1 rings (SSSR count). The molecule has 8 N–H and O–H groups in total. The van der Waals surface area contributed by atoms with Crippen LogP contribution in [0, 0.1) is 6.92 Å². The lowest BCUT2D eigenvalue weighted by Gasteiger charge is -2.18. The number of aromatic nitrogens is 2. The normalized spacial score (nSPS) is 11.6. The minimum Gasteiger partial charge on any atom is -0.462 e. The van der Waals surface area contributed by atoms with Crippen molar-refractivity contribution in [2.75, 3.05) is 38.7 Å². The van der Waals surface area contributed by atoms with Crippen molar-refractivity contribution in [1.82, 2.24) is 20.6 Å². The summed E-state index contributed by atoms with van der Waals surface area (Å²) in [4.78, 5) is 57.0. The highest BCUT2D eigenvalue weighted by Gasteiger charge is 2.20. The van der Waals surface area contributed by atoms with Crippen LogP contribution in [0.3, 0.4) is 0 Å². The van der Waals surface area contributed by atoms with Crippen LogP contribution in [0.2, 0.25) is 0 Å². The monoisotopic (exact) mass is 482 g/mol. The molecule has 1 aromatic rings. The maximum atomic E-state index is 12.1. The van der Waals surface area contributed by atoms with Crippen molar-refractivity contribution >= 4 is 29.8 Å². The van der Waals surface area contributed by atoms with E-state index in [0.717, 1.165) is 0 Å². The van der Waals surface area contributed by atoms with Gasteiger partial charge in [0.1, 0.15) is 19.0 Å². The molecule has 15 heteroatoms. The molecule has 0 radical (unpaired) electrons. The Morgan fingerprint density at radius 1 is 1.15 bits per heavy atom. The summed E-state index contributed by atoms with van der Waals surface area (Å²) in [7, 11) is 1.48. The maximum Gasteiger partial charge on any atom is 0.412 e. The first-order chi connectivity index (χ1) is 16.1. The number of hydrogen-bond acceptors (Lipinski definition) is 11. The zero-order valence-electron chi connectivity index (χ0n) is 19.0. The highest BCUT2D eigenvalue weighted by atomic mass is 16.6. The Kier molecular flexibility index (Phi) is 12.0. The number of esters is 2. The second-order valence-electron chi connectivity index (χ2n) is 6.75. The molecule has 1 unspecified atom stereocenters. The molecule has 0 spiro atoms. The van der Waals surface area contributed by atoms with Crippen molar-refractivity contribution in [3.63, 3.8) is 0 Å². The number of aryl methyl sites for hydroxylation is 1. The summed E-state index contributed by atoms with van der Waals surface area (Å²) in [6, 6.07) is 0. The third kappa shape index (κ3) is 11.9. The molecule has 1 amide bonds. The molecule has 0 saturated carbocycles. The van der Waals surface area contributed by atoms with Crippen LogP contribution in [0.5, 0.6) is 0 Å². The van der Waals surface area contributed by atoms with Gasteiger partial charge in [-0.05, 0) is 6.92 Å². The number of nitrogens with two attached hydrogens (primary N) is 2. The summed E-state index contributed by atoms with van der Waals surface area (Å²) in [6.45, 7) is 4.62. The van der Waals surface area contributed by atoms with Gasteiger partial charge in [-0.1, -0.05) is 6.58 Å². The average Bonchev–Trinajstić information content (AvgIpc) is 2.77. The predicted molar refractivity (Wildman–Crippen MR) is 122 cm³/mol. The smallest absolute Gasteiger partial charge is 0.412 e. The van der Waals surface area contributed by atoms with Gasteiger partial charge in [-0.2, -0.15) is 0 Å². The first-order valence-electron chi connectivity index (χ1n) is 10.1. The Hall–Kier alpha value is -4.30. The Balaban J connectivity index is 2.63. The van der Waals surface area contributed by atoms with E-state index in [-0.39, 0.29) is 50.1 Å². The zero-order chi connectivity index (χ0) is 25.5. The highest BCUT2D eigenvalue weighted by molar-refractivity contribution is 5.84. The van der Waals surface area contributed by atoms with Crippen molar-refractivity contribution in [3.05, 3.63) is 34.6 Å². The molecule has 34 heavy (non-hydrogen) atoms. The van der Waals surface area contributed by atoms with E-state index in [1.54, 1.807) is 6.92 Å². The fraction of sp³-hybridized carbons (Fsp3) is 0.474. The van der Waals surface area contributed by atoms with Crippen LogP contribution in [0.4, 0.5) is 10.6 Å². The Labute approximate surface area is 195 Å². The summed E-state index contributed by atoms with van der Waals surface area (Å²) in [5, 5.41) is 7.71. The minimum absolute atomic E-state index is 0.0214. The van der Waals surface area contributed by atoms with E-state index in [4.69, 9.17) is 25.7 Å². The minimum atomic E-state index is -1.09. The molecule has 1 heterocycles. The zero-order valence-corrected chi connectivity index (χ0v) is 19.0. The summed E-state index contributed by atoms with van der Waals surface area (Å²) in [5.41, 5.74) is 10.7. The van der Waals surface area contributed by atoms with Crippen molar-refractivity contribution in [2.45, 2.75) is 25.9 Å². The molecule has 188 valence electrons. The van der Waals surface area contributed by atoms with Crippen molar-refractivity contribution in [2.24, 2.45) is 16.5 Å². The van der Waals surface area contributed by atoms with Crippen LogP contribution < -0.4 is 33.1 Å². The molecule has 1 aromatic heterocycles. The third-order valence-electron chi connectivity index (χ3n) is 3.91. The van der Waals surface area contributed by atoms with E-state index in [2.05, 4.69) is 37.5 Å². The molecule has 0 saturated heterocycles. The number of hydrogen-bond donors (Lipinski definition) is 6. The molecule has 0 aliphatic rings. The molecule has 0 bridgehead atoms. The van der Waals surface area contributed by atoms with Gasteiger partial charge in [-0.15, -0.1) is 0 Å². The standard InChI is InChI=1S/C19H30N8O7/c1-11-8-25-18(30)26-16(11)27-19(31)33-10-13(9-32-14(28)4-6-23-12(2)20)34-15(29)5-7-24-17(21)22-3/h8,13,23H,2,4-7,9-10,20H2,1,3H3,(H3,21,22,24)(H2,25,26,27,30,31). The van der Waals surface area contributed by atoms with Gasteiger partial charge in [-0.3, -0.25) is 24.9 Å². The van der Waals surface area contributed by atoms with Crippen molar-refractivity contribution in [1.29, 1.82) is 0 Å². The van der Waals surface area contributed by atoms with E-state index in [9.17, 15) is 19.2 Å². The molecular formula is C19H30N8O7. The van der Waals surface area contributed by atoms with E-state index >= 15 is 0 Å². The van der Waals surface area contributed by atoms with Gasteiger partial charge in [-0.25, -0.2) is 14.6 Å². The predicted octanol–water partition coefficient (Wildman–Crippen LogP) is -1.58. The Bertz CT molecular complexity index is 947. The van der Waals surface area contributed by atoms with Gasteiger partial charge in [0.25, 0.3) is 0 Å². The van der Waals surface area contributed by atoms with Crippen LogP contribution in [-0.2, 0) is 23.8 Å². The van der Waals surface area contributed by atoms with E-state index in [1.807, 2.05) is 0 Å². The summed E-state index contributed by atoms with van der Waals surface area (Å²) in [6.07, 6.45) is -0.845. The van der Waals surface area contributed by atoms with Gasteiger partial charge in [0.2, 0.25) is 0 Å². The molecule has 0 aromatic carbocycles. The summed E-state index contributed by atoms with van der Waals surface area (Å²) in [5.74, 6) is -0.807. The molecular weight excluding hydrogens is 452 g/mol. The number of carbonyl (C=O) groups is 3.